The maximum absolute atomic E-state index is 12.9. The number of carbonyl (C=O) groups is 1. The fourth-order valence-electron chi connectivity index (χ4n) is 2.97. The van der Waals surface area contributed by atoms with Gasteiger partial charge in [0.05, 0.1) is 29.8 Å². The van der Waals surface area contributed by atoms with Gasteiger partial charge in [-0.05, 0) is 35.7 Å². The van der Waals surface area contributed by atoms with Crippen LogP contribution in [-0.2, 0) is 0 Å². The Balaban J connectivity index is 1.45. The Labute approximate surface area is 178 Å². The van der Waals surface area contributed by atoms with E-state index in [0.29, 0.717) is 30.2 Å². The lowest BCUT2D eigenvalue weighted by molar-refractivity contribution is 0.0947. The zero-order chi connectivity index (χ0) is 20.8. The number of thiophene rings is 1. The van der Waals surface area contributed by atoms with E-state index in [1.54, 1.807) is 35.4 Å². The molecule has 30 heavy (non-hydrogen) atoms. The van der Waals surface area contributed by atoms with Gasteiger partial charge in [0.25, 0.3) is 5.91 Å². The molecule has 4 aromatic rings. The van der Waals surface area contributed by atoms with Crippen LogP contribution in [0.5, 0.6) is 11.5 Å². The molecule has 0 aliphatic carbocycles. The van der Waals surface area contributed by atoms with Crippen LogP contribution in [0, 0.1) is 0 Å². The molecule has 1 N–H and O–H groups in total. The van der Waals surface area contributed by atoms with E-state index in [2.05, 4.69) is 10.4 Å². The summed E-state index contributed by atoms with van der Waals surface area (Å²) in [6, 6.07) is 21.0. The summed E-state index contributed by atoms with van der Waals surface area (Å²) in [4.78, 5) is 13.8. The molecule has 152 valence electrons. The topological polar surface area (TPSA) is 65.4 Å². The van der Waals surface area contributed by atoms with Gasteiger partial charge in [0.1, 0.15) is 23.8 Å². The number of hydrogen-bond donors (Lipinski definition) is 1. The molecule has 2 aromatic heterocycles. The minimum absolute atomic E-state index is 0.185. The first-order valence-electron chi connectivity index (χ1n) is 9.48. The van der Waals surface area contributed by atoms with Crippen molar-refractivity contribution in [2.24, 2.45) is 0 Å². The first kappa shape index (κ1) is 19.7. The zero-order valence-corrected chi connectivity index (χ0v) is 17.3. The maximum atomic E-state index is 12.9. The predicted molar refractivity (Wildman–Crippen MR) is 118 cm³/mol. The third-order valence-electron chi connectivity index (χ3n) is 4.43. The minimum atomic E-state index is -0.185. The van der Waals surface area contributed by atoms with E-state index in [1.807, 2.05) is 66.0 Å². The lowest BCUT2D eigenvalue weighted by Crippen LogP contribution is -2.28. The van der Waals surface area contributed by atoms with E-state index in [9.17, 15) is 4.79 Å². The summed E-state index contributed by atoms with van der Waals surface area (Å²) in [5.74, 6) is 1.24. The quantitative estimate of drug-likeness (QED) is 0.430. The molecular weight excluding hydrogens is 398 g/mol. The molecule has 0 saturated heterocycles. The minimum Gasteiger partial charge on any atom is -0.497 e. The zero-order valence-electron chi connectivity index (χ0n) is 16.4. The highest BCUT2D eigenvalue weighted by Crippen LogP contribution is 2.27. The fourth-order valence-corrected chi connectivity index (χ4v) is 3.69. The van der Waals surface area contributed by atoms with Crippen molar-refractivity contribution in [2.45, 2.75) is 0 Å². The first-order valence-corrected chi connectivity index (χ1v) is 10.4. The molecule has 0 aliphatic heterocycles. The van der Waals surface area contributed by atoms with E-state index < -0.39 is 0 Å². The van der Waals surface area contributed by atoms with Gasteiger partial charge in [-0.1, -0.05) is 30.3 Å². The number of carbonyl (C=O) groups excluding carboxylic acids is 1. The molecule has 4 rings (SSSR count). The number of benzene rings is 2. The smallest absolute Gasteiger partial charge is 0.255 e. The van der Waals surface area contributed by atoms with Gasteiger partial charge in [-0.25, -0.2) is 4.68 Å². The number of hydrogen-bond acceptors (Lipinski definition) is 5. The van der Waals surface area contributed by atoms with Gasteiger partial charge in [0.15, 0.2) is 0 Å². The monoisotopic (exact) mass is 419 g/mol. The number of rotatable bonds is 8. The predicted octanol–water partition coefficient (Wildman–Crippen LogP) is 4.42. The molecule has 0 saturated carbocycles. The van der Waals surface area contributed by atoms with Crippen LogP contribution in [0.4, 0.5) is 0 Å². The molecule has 0 aliphatic rings. The molecule has 0 bridgehead atoms. The second-order valence-corrected chi connectivity index (χ2v) is 7.38. The van der Waals surface area contributed by atoms with Crippen molar-refractivity contribution >= 4 is 17.2 Å². The van der Waals surface area contributed by atoms with Crippen LogP contribution in [0.1, 0.15) is 10.4 Å². The molecule has 0 spiro atoms. The molecule has 2 heterocycles. The molecule has 0 unspecified atom stereocenters. The van der Waals surface area contributed by atoms with Gasteiger partial charge in [-0.3, -0.25) is 4.79 Å². The van der Waals surface area contributed by atoms with Crippen molar-refractivity contribution < 1.29 is 14.3 Å². The molecule has 1 amide bonds. The standard InChI is InChI=1S/C23H21N3O3S/c1-28-18-9-5-10-19(15-18)29-13-12-24-23(27)20-16-26(17-7-3-2-4-8-17)25-22(20)21-11-6-14-30-21/h2-11,14-16H,12-13H2,1H3,(H,24,27). The van der Waals surface area contributed by atoms with E-state index >= 15 is 0 Å². The molecule has 2 aromatic carbocycles. The number of aromatic nitrogens is 2. The van der Waals surface area contributed by atoms with E-state index in [4.69, 9.17) is 9.47 Å². The number of nitrogens with one attached hydrogen (secondary N) is 1. The van der Waals surface area contributed by atoms with Crippen LogP contribution in [0.15, 0.2) is 78.3 Å². The Bertz CT molecular complexity index is 1110. The number of ether oxygens (including phenoxy) is 2. The number of methoxy groups -OCH3 is 1. The van der Waals surface area contributed by atoms with Crippen molar-refractivity contribution in [2.75, 3.05) is 20.3 Å². The average molecular weight is 420 g/mol. The van der Waals surface area contributed by atoms with Crippen LogP contribution < -0.4 is 14.8 Å². The highest BCUT2D eigenvalue weighted by Gasteiger charge is 2.19. The van der Waals surface area contributed by atoms with Gasteiger partial charge in [-0.2, -0.15) is 5.10 Å². The van der Waals surface area contributed by atoms with Crippen molar-refractivity contribution in [1.29, 1.82) is 0 Å². The van der Waals surface area contributed by atoms with Gasteiger partial charge in [0, 0.05) is 12.3 Å². The van der Waals surface area contributed by atoms with Crippen LogP contribution in [0.3, 0.4) is 0 Å². The first-order chi connectivity index (χ1) is 14.7. The lowest BCUT2D eigenvalue weighted by Gasteiger charge is -2.08. The van der Waals surface area contributed by atoms with E-state index in [-0.39, 0.29) is 5.91 Å². The normalized spacial score (nSPS) is 10.6. The van der Waals surface area contributed by atoms with Crippen molar-refractivity contribution in [3.63, 3.8) is 0 Å². The molecule has 0 atom stereocenters. The Kier molecular flexibility index (Phi) is 6.10. The van der Waals surface area contributed by atoms with Gasteiger partial charge < -0.3 is 14.8 Å². The summed E-state index contributed by atoms with van der Waals surface area (Å²) in [7, 11) is 1.61. The summed E-state index contributed by atoms with van der Waals surface area (Å²) in [5.41, 5.74) is 2.10. The fraction of sp³-hybridized carbons (Fsp3) is 0.130. The van der Waals surface area contributed by atoms with Gasteiger partial charge in [0.2, 0.25) is 0 Å². The van der Waals surface area contributed by atoms with E-state index in [1.165, 1.54) is 0 Å². The van der Waals surface area contributed by atoms with Crippen LogP contribution >= 0.6 is 11.3 Å². The number of amides is 1. The largest absolute Gasteiger partial charge is 0.497 e. The Hall–Kier alpha value is -3.58. The molecular formula is C23H21N3O3S. The Morgan fingerprint density at radius 2 is 1.90 bits per heavy atom. The third kappa shape index (κ3) is 4.52. The maximum Gasteiger partial charge on any atom is 0.255 e. The molecule has 6 nitrogen and oxygen atoms in total. The summed E-state index contributed by atoms with van der Waals surface area (Å²) >= 11 is 1.55. The highest BCUT2D eigenvalue weighted by atomic mass is 32.1. The lowest BCUT2D eigenvalue weighted by atomic mass is 10.2. The van der Waals surface area contributed by atoms with Gasteiger partial charge >= 0.3 is 0 Å². The SMILES string of the molecule is COc1cccc(OCCNC(=O)c2cn(-c3ccccc3)nc2-c2cccs2)c1. The van der Waals surface area contributed by atoms with Crippen LogP contribution in [0.2, 0.25) is 0 Å². The molecule has 0 radical (unpaired) electrons. The molecule has 7 heteroatoms. The second kappa shape index (κ2) is 9.28. The van der Waals surface area contributed by atoms with Crippen LogP contribution in [-0.4, -0.2) is 35.9 Å². The highest BCUT2D eigenvalue weighted by molar-refractivity contribution is 7.13. The summed E-state index contributed by atoms with van der Waals surface area (Å²) in [6.07, 6.45) is 1.77. The molecule has 0 fully saturated rings. The third-order valence-corrected chi connectivity index (χ3v) is 5.31. The average Bonchev–Trinajstić information content (AvgIpc) is 3.47. The van der Waals surface area contributed by atoms with Gasteiger partial charge in [-0.15, -0.1) is 11.3 Å². The number of nitrogens with zero attached hydrogens (tertiary/aromatic N) is 2. The summed E-state index contributed by atoms with van der Waals surface area (Å²) in [5, 5.41) is 9.55. The van der Waals surface area contributed by atoms with Crippen molar-refractivity contribution in [1.82, 2.24) is 15.1 Å². The van der Waals surface area contributed by atoms with Crippen molar-refractivity contribution in [3.05, 3.63) is 83.9 Å². The summed E-state index contributed by atoms with van der Waals surface area (Å²) in [6.45, 7) is 0.719. The Morgan fingerprint density at radius 1 is 1.07 bits per heavy atom. The van der Waals surface area contributed by atoms with Crippen molar-refractivity contribution in [3.8, 4) is 27.8 Å². The second-order valence-electron chi connectivity index (χ2n) is 6.43. The van der Waals surface area contributed by atoms with Crippen LogP contribution in [0.25, 0.3) is 16.3 Å². The summed E-state index contributed by atoms with van der Waals surface area (Å²) < 4.78 is 12.6. The Morgan fingerprint density at radius 3 is 2.67 bits per heavy atom. The number of para-hydroxylation sites is 1. The van der Waals surface area contributed by atoms with E-state index in [0.717, 1.165) is 16.3 Å².